The zero-order chi connectivity index (χ0) is 13.8. The van der Waals surface area contributed by atoms with Gasteiger partial charge in [0.25, 0.3) is 0 Å². The van der Waals surface area contributed by atoms with Crippen LogP contribution >= 0.6 is 0 Å². The Balaban J connectivity index is 2.25. The van der Waals surface area contributed by atoms with Gasteiger partial charge < -0.3 is 20.7 Å². The average molecular weight is 263 g/mol. The van der Waals surface area contributed by atoms with Gasteiger partial charge in [-0.15, -0.1) is 0 Å². The molecule has 2 heterocycles. The predicted octanol–water partition coefficient (Wildman–Crippen LogP) is 0.707. The van der Waals surface area contributed by atoms with Gasteiger partial charge in [0.05, 0.1) is 11.9 Å². The van der Waals surface area contributed by atoms with Crippen molar-refractivity contribution in [3.63, 3.8) is 0 Å². The largest absolute Gasteiger partial charge is 0.409 e. The first-order valence-corrected chi connectivity index (χ1v) is 6.46. The number of likely N-dealkylation sites (tertiary alicyclic amines) is 1. The summed E-state index contributed by atoms with van der Waals surface area (Å²) in [6, 6.07) is 2.20. The van der Waals surface area contributed by atoms with E-state index in [0.717, 1.165) is 25.2 Å². The van der Waals surface area contributed by atoms with Gasteiger partial charge in [0, 0.05) is 31.4 Å². The standard InChI is InChI=1S/C13H21N5O/c1-17-7-3-4-10(9-17)18(2)12-8-15-6-5-11(12)13(14)16-19/h5-6,8,10,19H,3-4,7,9H2,1-2H3,(H2,14,16). The Bertz CT molecular complexity index is 462. The van der Waals surface area contributed by atoms with Gasteiger partial charge in [-0.05, 0) is 32.5 Å². The van der Waals surface area contributed by atoms with Crippen molar-refractivity contribution in [2.45, 2.75) is 18.9 Å². The van der Waals surface area contributed by atoms with Crippen molar-refractivity contribution >= 4 is 11.5 Å². The average Bonchev–Trinajstić information content (AvgIpc) is 2.45. The molecule has 1 aliphatic heterocycles. The zero-order valence-corrected chi connectivity index (χ0v) is 11.5. The van der Waals surface area contributed by atoms with Crippen LogP contribution in [0.15, 0.2) is 23.6 Å². The molecule has 1 saturated heterocycles. The summed E-state index contributed by atoms with van der Waals surface area (Å²) in [5, 5.41) is 12.0. The third-order valence-corrected chi connectivity index (χ3v) is 3.71. The minimum atomic E-state index is 0.119. The maximum Gasteiger partial charge on any atom is 0.172 e. The minimum absolute atomic E-state index is 0.119. The lowest BCUT2D eigenvalue weighted by Gasteiger charge is -2.37. The first kappa shape index (κ1) is 13.6. The van der Waals surface area contributed by atoms with Gasteiger partial charge in [-0.25, -0.2) is 0 Å². The molecule has 0 amide bonds. The van der Waals surface area contributed by atoms with E-state index < -0.39 is 0 Å². The Morgan fingerprint density at radius 2 is 2.42 bits per heavy atom. The third-order valence-electron chi connectivity index (χ3n) is 3.71. The number of hydrogen-bond donors (Lipinski definition) is 2. The van der Waals surface area contributed by atoms with Crippen LogP contribution in [-0.2, 0) is 0 Å². The van der Waals surface area contributed by atoms with Crippen LogP contribution in [0.4, 0.5) is 5.69 Å². The number of piperidine rings is 1. The third kappa shape index (κ3) is 2.96. The molecule has 2 rings (SSSR count). The number of oxime groups is 1. The summed E-state index contributed by atoms with van der Waals surface area (Å²) in [7, 11) is 4.17. The predicted molar refractivity (Wildman–Crippen MR) is 75.7 cm³/mol. The number of likely N-dealkylation sites (N-methyl/N-ethyl adjacent to an activating group) is 2. The molecule has 1 aromatic rings. The van der Waals surface area contributed by atoms with E-state index in [4.69, 9.17) is 10.9 Å². The summed E-state index contributed by atoms with van der Waals surface area (Å²) in [6.45, 7) is 2.16. The Kier molecular flexibility index (Phi) is 4.21. The quantitative estimate of drug-likeness (QED) is 0.363. The molecule has 1 fully saturated rings. The highest BCUT2D eigenvalue weighted by Gasteiger charge is 2.23. The first-order chi connectivity index (χ1) is 9.13. The van der Waals surface area contributed by atoms with Gasteiger partial charge in [0.1, 0.15) is 0 Å². The van der Waals surface area contributed by atoms with Gasteiger partial charge in [0.15, 0.2) is 5.84 Å². The molecule has 1 atom stereocenters. The number of hydrogen-bond acceptors (Lipinski definition) is 5. The Hall–Kier alpha value is -1.82. The lowest BCUT2D eigenvalue weighted by Crippen LogP contribution is -2.45. The lowest BCUT2D eigenvalue weighted by atomic mass is 10.0. The molecule has 1 aromatic heterocycles. The van der Waals surface area contributed by atoms with Crippen LogP contribution in [-0.4, -0.2) is 54.2 Å². The van der Waals surface area contributed by atoms with E-state index in [-0.39, 0.29) is 5.84 Å². The summed E-state index contributed by atoms with van der Waals surface area (Å²) in [6.07, 6.45) is 5.75. The van der Waals surface area contributed by atoms with Gasteiger partial charge in [0.2, 0.25) is 0 Å². The van der Waals surface area contributed by atoms with Crippen molar-refractivity contribution in [2.75, 3.05) is 32.1 Å². The van der Waals surface area contributed by atoms with Crippen LogP contribution in [0.3, 0.4) is 0 Å². The highest BCUT2D eigenvalue weighted by Crippen LogP contribution is 2.23. The summed E-state index contributed by atoms with van der Waals surface area (Å²) >= 11 is 0. The van der Waals surface area contributed by atoms with Crippen molar-refractivity contribution in [1.82, 2.24) is 9.88 Å². The maximum absolute atomic E-state index is 8.86. The van der Waals surface area contributed by atoms with Crippen LogP contribution in [0.5, 0.6) is 0 Å². The topological polar surface area (TPSA) is 78.0 Å². The summed E-state index contributed by atoms with van der Waals surface area (Å²) in [5.74, 6) is 0.119. The minimum Gasteiger partial charge on any atom is -0.409 e. The van der Waals surface area contributed by atoms with Crippen LogP contribution in [0, 0.1) is 0 Å². The zero-order valence-electron chi connectivity index (χ0n) is 11.5. The molecule has 1 unspecified atom stereocenters. The molecule has 104 valence electrons. The van der Waals surface area contributed by atoms with E-state index >= 15 is 0 Å². The van der Waals surface area contributed by atoms with E-state index in [1.165, 1.54) is 6.42 Å². The van der Waals surface area contributed by atoms with Crippen molar-refractivity contribution in [3.8, 4) is 0 Å². The van der Waals surface area contributed by atoms with E-state index in [0.29, 0.717) is 11.6 Å². The van der Waals surface area contributed by atoms with E-state index in [1.807, 2.05) is 7.05 Å². The van der Waals surface area contributed by atoms with Gasteiger partial charge in [-0.3, -0.25) is 4.98 Å². The van der Waals surface area contributed by atoms with Gasteiger partial charge in [-0.1, -0.05) is 5.16 Å². The van der Waals surface area contributed by atoms with Crippen LogP contribution in [0.2, 0.25) is 0 Å². The van der Waals surface area contributed by atoms with E-state index in [2.05, 4.69) is 27.0 Å². The lowest BCUT2D eigenvalue weighted by molar-refractivity contribution is 0.248. The Labute approximate surface area is 113 Å². The molecule has 0 bridgehead atoms. The number of pyridine rings is 1. The van der Waals surface area contributed by atoms with Crippen LogP contribution < -0.4 is 10.6 Å². The fraction of sp³-hybridized carbons (Fsp3) is 0.538. The van der Waals surface area contributed by atoms with Crippen molar-refractivity contribution in [3.05, 3.63) is 24.0 Å². The molecule has 19 heavy (non-hydrogen) atoms. The SMILES string of the molecule is CN1CCCC(N(C)c2cnccc2/C(N)=N/O)C1. The highest BCUT2D eigenvalue weighted by molar-refractivity contribution is 6.02. The summed E-state index contributed by atoms with van der Waals surface area (Å²) < 4.78 is 0. The fourth-order valence-corrected chi connectivity index (χ4v) is 2.59. The number of nitrogens with zero attached hydrogens (tertiary/aromatic N) is 4. The van der Waals surface area contributed by atoms with Crippen molar-refractivity contribution < 1.29 is 5.21 Å². The molecule has 3 N–H and O–H groups in total. The van der Waals surface area contributed by atoms with E-state index in [1.54, 1.807) is 18.5 Å². The molecule has 0 radical (unpaired) electrons. The number of amidine groups is 1. The molecule has 0 aliphatic carbocycles. The number of rotatable bonds is 3. The van der Waals surface area contributed by atoms with Crippen molar-refractivity contribution in [1.29, 1.82) is 0 Å². The molecule has 0 spiro atoms. The fourth-order valence-electron chi connectivity index (χ4n) is 2.59. The first-order valence-electron chi connectivity index (χ1n) is 6.46. The van der Waals surface area contributed by atoms with Gasteiger partial charge in [-0.2, -0.15) is 0 Å². The molecule has 0 saturated carbocycles. The van der Waals surface area contributed by atoms with E-state index in [9.17, 15) is 0 Å². The molecule has 6 nitrogen and oxygen atoms in total. The molecular weight excluding hydrogens is 242 g/mol. The van der Waals surface area contributed by atoms with Gasteiger partial charge >= 0.3 is 0 Å². The van der Waals surface area contributed by atoms with Crippen molar-refractivity contribution in [2.24, 2.45) is 10.9 Å². The Morgan fingerprint density at radius 3 is 3.11 bits per heavy atom. The second kappa shape index (κ2) is 5.88. The number of aromatic nitrogens is 1. The normalized spacial score (nSPS) is 21.4. The van der Waals surface area contributed by atoms with Crippen LogP contribution in [0.1, 0.15) is 18.4 Å². The second-order valence-corrected chi connectivity index (χ2v) is 5.05. The van der Waals surface area contributed by atoms with Crippen LogP contribution in [0.25, 0.3) is 0 Å². The smallest absolute Gasteiger partial charge is 0.172 e. The molecule has 1 aliphatic rings. The molecule has 0 aromatic carbocycles. The maximum atomic E-state index is 8.86. The number of anilines is 1. The second-order valence-electron chi connectivity index (χ2n) is 5.05. The Morgan fingerprint density at radius 1 is 1.63 bits per heavy atom. The monoisotopic (exact) mass is 263 g/mol. The highest BCUT2D eigenvalue weighted by atomic mass is 16.4. The summed E-state index contributed by atoms with van der Waals surface area (Å²) in [4.78, 5) is 8.65. The number of nitrogens with two attached hydrogens (primary N) is 1. The molecular formula is C13H21N5O. The molecule has 6 heteroatoms. The summed E-state index contributed by atoms with van der Waals surface area (Å²) in [5.41, 5.74) is 7.34.